The highest BCUT2D eigenvalue weighted by atomic mass is 16.2. The summed E-state index contributed by atoms with van der Waals surface area (Å²) in [5.41, 5.74) is 4.57. The summed E-state index contributed by atoms with van der Waals surface area (Å²) in [6.45, 7) is 2.35. The number of anilines is 1. The molecule has 6 nitrogen and oxygen atoms in total. The van der Waals surface area contributed by atoms with E-state index in [1.807, 2.05) is 49.4 Å². The Kier molecular flexibility index (Phi) is 6.58. The van der Waals surface area contributed by atoms with Crippen LogP contribution in [0.15, 0.2) is 85.1 Å². The molecular formula is C30H27N3O3. The molecule has 1 aliphatic heterocycles. The van der Waals surface area contributed by atoms with E-state index >= 15 is 0 Å². The zero-order valence-electron chi connectivity index (χ0n) is 20.1. The maximum atomic E-state index is 13.1. The number of hydrogen-bond donors (Lipinski definition) is 1. The summed E-state index contributed by atoms with van der Waals surface area (Å²) in [7, 11) is 0. The van der Waals surface area contributed by atoms with Crippen LogP contribution in [-0.2, 0) is 4.79 Å². The number of carbonyl (C=O) groups excluding carboxylic acids is 3. The third-order valence-corrected chi connectivity index (χ3v) is 6.70. The van der Waals surface area contributed by atoms with Crippen molar-refractivity contribution in [1.29, 1.82) is 0 Å². The molecule has 0 bridgehead atoms. The van der Waals surface area contributed by atoms with E-state index < -0.39 is 0 Å². The van der Waals surface area contributed by atoms with E-state index in [-0.39, 0.29) is 30.1 Å². The molecule has 3 amide bonds. The number of aromatic nitrogens is 1. The topological polar surface area (TPSA) is 79.4 Å². The van der Waals surface area contributed by atoms with Gasteiger partial charge in [-0.2, -0.15) is 0 Å². The highest BCUT2D eigenvalue weighted by Crippen LogP contribution is 2.29. The number of nitrogens with zero attached hydrogens (tertiary/aromatic N) is 2. The van der Waals surface area contributed by atoms with Gasteiger partial charge in [0.2, 0.25) is 5.91 Å². The normalized spacial score (nSPS) is 13.6. The Morgan fingerprint density at radius 3 is 2.31 bits per heavy atom. The van der Waals surface area contributed by atoms with E-state index in [0.29, 0.717) is 36.2 Å². The second-order valence-corrected chi connectivity index (χ2v) is 9.19. The van der Waals surface area contributed by atoms with Crippen molar-refractivity contribution in [2.75, 3.05) is 11.9 Å². The second-order valence-electron chi connectivity index (χ2n) is 9.19. The number of benzene rings is 3. The minimum Gasteiger partial charge on any atom is -0.324 e. The molecular weight excluding hydrogens is 450 g/mol. The molecule has 1 unspecified atom stereocenters. The quantitative estimate of drug-likeness (QED) is 0.329. The molecule has 4 aromatic rings. The molecule has 0 saturated heterocycles. The molecule has 1 aromatic heterocycles. The molecule has 0 saturated carbocycles. The van der Waals surface area contributed by atoms with Gasteiger partial charge in [-0.15, -0.1) is 0 Å². The number of carbonyl (C=O) groups is 3. The minimum atomic E-state index is -0.247. The molecule has 5 rings (SSSR count). The van der Waals surface area contributed by atoms with E-state index in [1.54, 1.807) is 30.5 Å². The van der Waals surface area contributed by atoms with Crippen molar-refractivity contribution in [1.82, 2.24) is 9.88 Å². The fourth-order valence-corrected chi connectivity index (χ4v) is 4.79. The standard InChI is InChI=1S/C30H27N3O3/c1-20-13-15-21(16-14-20)23(9-6-18-33-29(35)24-10-2-3-11-25(24)30(33)36)19-27(34)32-26-12-4-7-22-8-5-17-31-28(22)26/h2-5,7-8,10-17,23H,6,9,18-19H2,1H3,(H,32,34). The fourth-order valence-electron chi connectivity index (χ4n) is 4.79. The highest BCUT2D eigenvalue weighted by Gasteiger charge is 2.34. The molecule has 1 N–H and O–H groups in total. The molecule has 3 aromatic carbocycles. The number of amides is 3. The number of para-hydroxylation sites is 1. The van der Waals surface area contributed by atoms with Crippen LogP contribution in [0.4, 0.5) is 5.69 Å². The summed E-state index contributed by atoms with van der Waals surface area (Å²) < 4.78 is 0. The van der Waals surface area contributed by atoms with Crippen LogP contribution in [0.25, 0.3) is 10.9 Å². The van der Waals surface area contributed by atoms with Crippen LogP contribution >= 0.6 is 0 Å². The Labute approximate surface area is 210 Å². The molecule has 0 radical (unpaired) electrons. The predicted molar refractivity (Wildman–Crippen MR) is 140 cm³/mol. The number of hydrogen-bond acceptors (Lipinski definition) is 4. The molecule has 0 spiro atoms. The lowest BCUT2D eigenvalue weighted by Gasteiger charge is -2.20. The largest absolute Gasteiger partial charge is 0.324 e. The SMILES string of the molecule is Cc1ccc(C(CCCN2C(=O)c3ccccc3C2=O)CC(=O)Nc2cccc3cccnc23)cc1. The number of imide groups is 1. The number of nitrogens with one attached hydrogen (secondary N) is 1. The van der Waals surface area contributed by atoms with Gasteiger partial charge in [-0.1, -0.05) is 60.2 Å². The fraction of sp³-hybridized carbons (Fsp3) is 0.200. The molecule has 0 fully saturated rings. The van der Waals surface area contributed by atoms with Crippen molar-refractivity contribution in [3.05, 3.63) is 107 Å². The second kappa shape index (κ2) is 10.1. The van der Waals surface area contributed by atoms with Gasteiger partial charge in [-0.3, -0.25) is 24.3 Å². The molecule has 1 aliphatic rings. The van der Waals surface area contributed by atoms with Crippen LogP contribution in [-0.4, -0.2) is 34.2 Å². The first-order valence-electron chi connectivity index (χ1n) is 12.2. The van der Waals surface area contributed by atoms with Crippen molar-refractivity contribution < 1.29 is 14.4 Å². The van der Waals surface area contributed by atoms with E-state index in [9.17, 15) is 14.4 Å². The van der Waals surface area contributed by atoms with E-state index in [1.165, 1.54) is 4.90 Å². The average Bonchev–Trinajstić information content (AvgIpc) is 3.14. The number of fused-ring (bicyclic) bond motifs is 2. The molecule has 36 heavy (non-hydrogen) atoms. The Hall–Kier alpha value is -4.32. The van der Waals surface area contributed by atoms with Crippen LogP contribution in [0.5, 0.6) is 0 Å². The van der Waals surface area contributed by atoms with Gasteiger partial charge in [0.15, 0.2) is 0 Å². The molecule has 1 atom stereocenters. The van der Waals surface area contributed by atoms with E-state index in [4.69, 9.17) is 0 Å². The van der Waals surface area contributed by atoms with Crippen LogP contribution in [0.2, 0.25) is 0 Å². The Balaban J connectivity index is 1.28. The zero-order chi connectivity index (χ0) is 25.1. The summed E-state index contributed by atoms with van der Waals surface area (Å²) in [5.74, 6) is -0.643. The van der Waals surface area contributed by atoms with Crippen molar-refractivity contribution in [3.63, 3.8) is 0 Å². The van der Waals surface area contributed by atoms with Gasteiger partial charge in [0, 0.05) is 24.5 Å². The van der Waals surface area contributed by atoms with Crippen molar-refractivity contribution in [2.24, 2.45) is 0 Å². The first kappa shape index (κ1) is 23.4. The average molecular weight is 478 g/mol. The Morgan fingerprint density at radius 2 is 1.58 bits per heavy atom. The van der Waals surface area contributed by atoms with Gasteiger partial charge in [0.1, 0.15) is 0 Å². The van der Waals surface area contributed by atoms with Crippen molar-refractivity contribution in [2.45, 2.75) is 32.1 Å². The van der Waals surface area contributed by atoms with Crippen molar-refractivity contribution >= 4 is 34.3 Å². The van der Waals surface area contributed by atoms with Crippen LogP contribution < -0.4 is 5.32 Å². The molecule has 6 heteroatoms. The summed E-state index contributed by atoms with van der Waals surface area (Å²) in [4.78, 5) is 44.3. The number of pyridine rings is 1. The van der Waals surface area contributed by atoms with Crippen molar-refractivity contribution in [3.8, 4) is 0 Å². The highest BCUT2D eigenvalue weighted by molar-refractivity contribution is 6.21. The van der Waals surface area contributed by atoms with Gasteiger partial charge < -0.3 is 5.32 Å². The van der Waals surface area contributed by atoms with Gasteiger partial charge in [-0.25, -0.2) is 0 Å². The third-order valence-electron chi connectivity index (χ3n) is 6.70. The van der Waals surface area contributed by atoms with E-state index in [2.05, 4.69) is 22.4 Å². The first-order valence-corrected chi connectivity index (χ1v) is 12.2. The Morgan fingerprint density at radius 1 is 0.889 bits per heavy atom. The number of rotatable bonds is 8. The maximum absolute atomic E-state index is 13.1. The van der Waals surface area contributed by atoms with E-state index in [0.717, 1.165) is 22.0 Å². The Bertz CT molecular complexity index is 1410. The number of aryl methyl sites for hydroxylation is 1. The summed E-state index contributed by atoms with van der Waals surface area (Å²) in [6.07, 6.45) is 3.27. The summed E-state index contributed by atoms with van der Waals surface area (Å²) >= 11 is 0. The summed E-state index contributed by atoms with van der Waals surface area (Å²) in [5, 5.41) is 4.00. The maximum Gasteiger partial charge on any atom is 0.261 e. The third kappa shape index (κ3) is 4.75. The van der Waals surface area contributed by atoms with Crippen LogP contribution in [0, 0.1) is 6.92 Å². The smallest absolute Gasteiger partial charge is 0.261 e. The van der Waals surface area contributed by atoms with Gasteiger partial charge in [0.05, 0.1) is 22.3 Å². The summed E-state index contributed by atoms with van der Waals surface area (Å²) in [6, 6.07) is 24.7. The van der Waals surface area contributed by atoms with Gasteiger partial charge >= 0.3 is 0 Å². The first-order chi connectivity index (χ1) is 17.5. The lowest BCUT2D eigenvalue weighted by Crippen LogP contribution is -2.31. The monoisotopic (exact) mass is 477 g/mol. The molecule has 0 aliphatic carbocycles. The lowest BCUT2D eigenvalue weighted by molar-refractivity contribution is -0.116. The molecule has 2 heterocycles. The van der Waals surface area contributed by atoms with Gasteiger partial charge in [0.25, 0.3) is 11.8 Å². The van der Waals surface area contributed by atoms with Crippen LogP contribution in [0.1, 0.15) is 57.0 Å². The predicted octanol–water partition coefficient (Wildman–Crippen LogP) is 5.73. The molecule has 180 valence electrons. The minimum absolute atomic E-state index is 0.0521. The van der Waals surface area contributed by atoms with Crippen LogP contribution in [0.3, 0.4) is 0 Å². The lowest BCUT2D eigenvalue weighted by atomic mass is 9.90. The van der Waals surface area contributed by atoms with Gasteiger partial charge in [-0.05, 0) is 55.5 Å². The zero-order valence-corrected chi connectivity index (χ0v) is 20.1.